The fourth-order valence-corrected chi connectivity index (χ4v) is 2.91. The van der Waals surface area contributed by atoms with Crippen LogP contribution in [0.4, 0.5) is 0 Å². The quantitative estimate of drug-likeness (QED) is 0.820. The highest BCUT2D eigenvalue weighted by atomic mass is 32.2. The Morgan fingerprint density at radius 3 is 2.44 bits per heavy atom. The molecule has 16 heavy (non-hydrogen) atoms. The third-order valence-electron chi connectivity index (χ3n) is 2.70. The van der Waals surface area contributed by atoms with Gasteiger partial charge in [0.05, 0.1) is 5.56 Å². The summed E-state index contributed by atoms with van der Waals surface area (Å²) in [7, 11) is 0. The number of carboxylic acids is 1. The molecule has 1 aliphatic carbocycles. The third-order valence-corrected chi connectivity index (χ3v) is 3.93. The van der Waals surface area contributed by atoms with Gasteiger partial charge in [0, 0.05) is 17.6 Å². The van der Waals surface area contributed by atoms with Gasteiger partial charge in [-0.15, -0.1) is 0 Å². The zero-order chi connectivity index (χ0) is 11.4. The van der Waals surface area contributed by atoms with E-state index < -0.39 is 5.97 Å². The van der Waals surface area contributed by atoms with E-state index in [-0.39, 0.29) is 5.56 Å². The Morgan fingerprint density at radius 2 is 1.88 bits per heavy atom. The van der Waals surface area contributed by atoms with Crippen molar-refractivity contribution >= 4 is 17.7 Å². The molecule has 1 fully saturated rings. The molecule has 1 aromatic heterocycles. The Morgan fingerprint density at radius 1 is 1.25 bits per heavy atom. The van der Waals surface area contributed by atoms with Crippen molar-refractivity contribution in [2.75, 3.05) is 0 Å². The number of aromatic carboxylic acids is 1. The van der Waals surface area contributed by atoms with Crippen LogP contribution in [0.15, 0.2) is 17.6 Å². The zero-order valence-corrected chi connectivity index (χ0v) is 9.74. The van der Waals surface area contributed by atoms with Crippen molar-refractivity contribution in [3.8, 4) is 0 Å². The largest absolute Gasteiger partial charge is 0.478 e. The van der Waals surface area contributed by atoms with Crippen molar-refractivity contribution in [2.45, 2.75) is 42.5 Å². The van der Waals surface area contributed by atoms with Gasteiger partial charge in [-0.2, -0.15) is 0 Å². The van der Waals surface area contributed by atoms with E-state index in [1.54, 1.807) is 11.8 Å². The van der Waals surface area contributed by atoms with E-state index in [1.807, 2.05) is 0 Å². The number of nitrogens with zero attached hydrogens (tertiary/aromatic N) is 2. The predicted octanol–water partition coefficient (Wildman–Crippen LogP) is 2.60. The average molecular weight is 238 g/mol. The maximum atomic E-state index is 10.6. The van der Waals surface area contributed by atoms with E-state index >= 15 is 0 Å². The molecule has 0 unspecified atom stereocenters. The van der Waals surface area contributed by atoms with Gasteiger partial charge in [-0.1, -0.05) is 31.0 Å². The lowest BCUT2D eigenvalue weighted by molar-refractivity contribution is 0.0695. The molecule has 1 aromatic rings. The molecule has 1 aliphatic rings. The van der Waals surface area contributed by atoms with Crippen molar-refractivity contribution in [3.63, 3.8) is 0 Å². The summed E-state index contributed by atoms with van der Waals surface area (Å²) in [5.74, 6) is -0.978. The second-order valence-corrected chi connectivity index (χ2v) is 5.20. The molecule has 0 saturated heterocycles. The minimum atomic E-state index is -0.978. The number of thioether (sulfide) groups is 1. The highest BCUT2D eigenvalue weighted by Gasteiger charge is 2.16. The summed E-state index contributed by atoms with van der Waals surface area (Å²) in [4.78, 5) is 18.7. The second-order valence-electron chi connectivity index (χ2n) is 3.94. The Hall–Kier alpha value is -1.10. The van der Waals surface area contributed by atoms with Crippen LogP contribution in [0.3, 0.4) is 0 Å². The Bertz CT molecular complexity index is 361. The second kappa shape index (κ2) is 5.30. The van der Waals surface area contributed by atoms with Crippen molar-refractivity contribution < 1.29 is 9.90 Å². The minimum absolute atomic E-state index is 0.146. The summed E-state index contributed by atoms with van der Waals surface area (Å²) in [5.41, 5.74) is 0.146. The Kier molecular flexibility index (Phi) is 3.77. The van der Waals surface area contributed by atoms with Gasteiger partial charge in [0.1, 0.15) is 0 Å². The summed E-state index contributed by atoms with van der Waals surface area (Å²) >= 11 is 1.67. The first-order chi connectivity index (χ1) is 7.75. The molecule has 0 aliphatic heterocycles. The summed E-state index contributed by atoms with van der Waals surface area (Å²) in [6.45, 7) is 0. The number of carbonyl (C=O) groups is 1. The fraction of sp³-hybridized carbons (Fsp3) is 0.545. The van der Waals surface area contributed by atoms with Crippen LogP contribution < -0.4 is 0 Å². The molecule has 0 aromatic carbocycles. The number of hydrogen-bond acceptors (Lipinski definition) is 4. The fourth-order valence-electron chi connectivity index (χ4n) is 1.82. The van der Waals surface area contributed by atoms with Gasteiger partial charge in [0.25, 0.3) is 0 Å². The van der Waals surface area contributed by atoms with Crippen LogP contribution in [0.25, 0.3) is 0 Å². The Balaban J connectivity index is 1.96. The van der Waals surface area contributed by atoms with Gasteiger partial charge in [-0.05, 0) is 12.8 Å². The molecule has 0 radical (unpaired) electrons. The third kappa shape index (κ3) is 2.95. The molecular weight excluding hydrogens is 224 g/mol. The minimum Gasteiger partial charge on any atom is -0.478 e. The number of hydrogen-bond donors (Lipinski definition) is 1. The van der Waals surface area contributed by atoms with Crippen LogP contribution >= 0.6 is 11.8 Å². The molecule has 5 heteroatoms. The molecule has 0 amide bonds. The topological polar surface area (TPSA) is 63.1 Å². The SMILES string of the molecule is O=C(O)c1cnc(SC2CCCCC2)nc1. The first-order valence-electron chi connectivity index (χ1n) is 5.48. The lowest BCUT2D eigenvalue weighted by Crippen LogP contribution is -2.09. The highest BCUT2D eigenvalue weighted by Crippen LogP contribution is 2.31. The molecule has 1 N–H and O–H groups in total. The normalized spacial score (nSPS) is 17.2. The maximum absolute atomic E-state index is 10.6. The van der Waals surface area contributed by atoms with E-state index in [9.17, 15) is 4.79 Å². The monoisotopic (exact) mass is 238 g/mol. The smallest absolute Gasteiger partial charge is 0.338 e. The molecule has 86 valence electrons. The molecular formula is C11H14N2O2S. The van der Waals surface area contributed by atoms with Crippen LogP contribution in [0, 0.1) is 0 Å². The van der Waals surface area contributed by atoms with Crippen molar-refractivity contribution in [1.29, 1.82) is 0 Å². The molecule has 1 saturated carbocycles. The van der Waals surface area contributed by atoms with Crippen molar-refractivity contribution in [3.05, 3.63) is 18.0 Å². The number of rotatable bonds is 3. The average Bonchev–Trinajstić information content (AvgIpc) is 2.31. The van der Waals surface area contributed by atoms with Gasteiger partial charge in [-0.25, -0.2) is 14.8 Å². The first kappa shape index (κ1) is 11.4. The van der Waals surface area contributed by atoms with Gasteiger partial charge in [0.2, 0.25) is 0 Å². The van der Waals surface area contributed by atoms with Gasteiger partial charge >= 0.3 is 5.97 Å². The van der Waals surface area contributed by atoms with E-state index in [1.165, 1.54) is 44.5 Å². The first-order valence-corrected chi connectivity index (χ1v) is 6.35. The summed E-state index contributed by atoms with van der Waals surface area (Å²) < 4.78 is 0. The van der Waals surface area contributed by atoms with E-state index in [0.717, 1.165) is 0 Å². The molecule has 0 spiro atoms. The van der Waals surface area contributed by atoms with E-state index in [4.69, 9.17) is 5.11 Å². The summed E-state index contributed by atoms with van der Waals surface area (Å²) in [6, 6.07) is 0. The summed E-state index contributed by atoms with van der Waals surface area (Å²) in [6.07, 6.45) is 9.08. The molecule has 2 rings (SSSR count). The lowest BCUT2D eigenvalue weighted by atomic mass is 10.0. The van der Waals surface area contributed by atoms with E-state index in [0.29, 0.717) is 10.4 Å². The maximum Gasteiger partial charge on any atom is 0.338 e. The summed E-state index contributed by atoms with van der Waals surface area (Å²) in [5, 5.41) is 10.0. The van der Waals surface area contributed by atoms with Gasteiger partial charge in [0.15, 0.2) is 5.16 Å². The standard InChI is InChI=1S/C11H14N2O2S/c14-10(15)8-6-12-11(13-7-8)16-9-4-2-1-3-5-9/h6-7,9H,1-5H2,(H,14,15). The molecule has 4 nitrogen and oxygen atoms in total. The number of carboxylic acid groups (broad SMARTS) is 1. The number of aromatic nitrogens is 2. The van der Waals surface area contributed by atoms with Gasteiger partial charge < -0.3 is 5.11 Å². The lowest BCUT2D eigenvalue weighted by Gasteiger charge is -2.19. The van der Waals surface area contributed by atoms with Gasteiger partial charge in [-0.3, -0.25) is 0 Å². The van der Waals surface area contributed by atoms with Crippen LogP contribution in [0.1, 0.15) is 42.5 Å². The highest BCUT2D eigenvalue weighted by molar-refractivity contribution is 7.99. The van der Waals surface area contributed by atoms with Crippen LogP contribution in [-0.4, -0.2) is 26.3 Å². The van der Waals surface area contributed by atoms with Crippen LogP contribution in [-0.2, 0) is 0 Å². The molecule has 0 bridgehead atoms. The predicted molar refractivity (Wildman–Crippen MR) is 61.7 cm³/mol. The zero-order valence-electron chi connectivity index (χ0n) is 8.93. The molecule has 1 heterocycles. The molecule has 0 atom stereocenters. The van der Waals surface area contributed by atoms with Crippen LogP contribution in [0.2, 0.25) is 0 Å². The van der Waals surface area contributed by atoms with Crippen molar-refractivity contribution in [2.24, 2.45) is 0 Å². The van der Waals surface area contributed by atoms with Crippen molar-refractivity contribution in [1.82, 2.24) is 9.97 Å². The van der Waals surface area contributed by atoms with E-state index in [2.05, 4.69) is 9.97 Å². The Labute approximate surface area is 98.5 Å². The van der Waals surface area contributed by atoms with Crippen LogP contribution in [0.5, 0.6) is 0 Å².